The monoisotopic (exact) mass is 184 g/mol. The first kappa shape index (κ1) is 12.7. The van der Waals surface area contributed by atoms with Crippen LogP contribution < -0.4 is 0 Å². The Hall–Kier alpha value is -0.300. The Morgan fingerprint density at radius 3 is 2.38 bits per heavy atom. The van der Waals surface area contributed by atoms with Crippen molar-refractivity contribution in [1.82, 2.24) is 0 Å². The predicted octanol–water partition coefficient (Wildman–Crippen LogP) is 3.53. The van der Waals surface area contributed by atoms with E-state index in [0.717, 1.165) is 6.42 Å². The number of allylic oxidation sites excluding steroid dienone is 1. The van der Waals surface area contributed by atoms with Crippen molar-refractivity contribution < 1.29 is 5.11 Å². The van der Waals surface area contributed by atoms with Crippen molar-refractivity contribution in [3.8, 4) is 0 Å². The lowest BCUT2D eigenvalue weighted by Crippen LogP contribution is -2.10. The van der Waals surface area contributed by atoms with Gasteiger partial charge >= 0.3 is 0 Å². The average molecular weight is 184 g/mol. The van der Waals surface area contributed by atoms with E-state index in [4.69, 9.17) is 0 Å². The second-order valence-corrected chi connectivity index (χ2v) is 4.01. The molecule has 0 saturated carbocycles. The summed E-state index contributed by atoms with van der Waals surface area (Å²) in [6, 6.07) is 0. The summed E-state index contributed by atoms with van der Waals surface area (Å²) in [7, 11) is 0. The number of rotatable bonds is 7. The third-order valence-corrected chi connectivity index (χ3v) is 2.24. The minimum atomic E-state index is -0.258. The summed E-state index contributed by atoms with van der Waals surface area (Å²) in [5.74, 6) is 0.340. The Morgan fingerprint density at radius 2 is 1.85 bits per heavy atom. The van der Waals surface area contributed by atoms with Crippen LogP contribution in [0.1, 0.15) is 52.9 Å². The van der Waals surface area contributed by atoms with Gasteiger partial charge in [0.1, 0.15) is 0 Å². The fourth-order valence-corrected chi connectivity index (χ4v) is 1.15. The van der Waals surface area contributed by atoms with Gasteiger partial charge in [0, 0.05) is 0 Å². The predicted molar refractivity (Wildman–Crippen MR) is 58.7 cm³/mol. The van der Waals surface area contributed by atoms with E-state index < -0.39 is 0 Å². The molecule has 0 radical (unpaired) electrons. The number of hydrogen-bond donors (Lipinski definition) is 1. The quantitative estimate of drug-likeness (QED) is 0.474. The summed E-state index contributed by atoms with van der Waals surface area (Å²) in [6.07, 6.45) is 10.1. The molecule has 0 aliphatic rings. The molecule has 0 bridgehead atoms. The van der Waals surface area contributed by atoms with E-state index in [1.54, 1.807) is 0 Å². The second kappa shape index (κ2) is 8.31. The van der Waals surface area contributed by atoms with Gasteiger partial charge in [-0.25, -0.2) is 0 Å². The van der Waals surface area contributed by atoms with Crippen molar-refractivity contribution in [2.45, 2.75) is 59.0 Å². The first-order chi connectivity index (χ1) is 6.18. The number of unbranched alkanes of at least 4 members (excludes halogenated alkanes) is 4. The summed E-state index contributed by atoms with van der Waals surface area (Å²) in [6.45, 7) is 6.29. The first-order valence-electron chi connectivity index (χ1n) is 5.53. The lowest BCUT2D eigenvalue weighted by atomic mass is 10.1. The van der Waals surface area contributed by atoms with Gasteiger partial charge in [-0.2, -0.15) is 0 Å². The highest BCUT2D eigenvalue weighted by Crippen LogP contribution is 2.06. The van der Waals surface area contributed by atoms with Gasteiger partial charge < -0.3 is 5.11 Å². The fourth-order valence-electron chi connectivity index (χ4n) is 1.15. The molecule has 1 atom stereocenters. The first-order valence-corrected chi connectivity index (χ1v) is 5.53. The van der Waals surface area contributed by atoms with Gasteiger partial charge in [-0.3, -0.25) is 0 Å². The molecule has 0 aliphatic carbocycles. The average Bonchev–Trinajstić information content (AvgIpc) is 2.10. The van der Waals surface area contributed by atoms with E-state index in [-0.39, 0.29) is 6.10 Å². The molecular formula is C12H24O. The third-order valence-electron chi connectivity index (χ3n) is 2.24. The van der Waals surface area contributed by atoms with Crippen molar-refractivity contribution in [1.29, 1.82) is 0 Å². The Bertz CT molecular complexity index is 127. The van der Waals surface area contributed by atoms with Gasteiger partial charge in [0.15, 0.2) is 0 Å². The van der Waals surface area contributed by atoms with E-state index in [0.29, 0.717) is 5.92 Å². The molecule has 1 heteroatoms. The van der Waals surface area contributed by atoms with Gasteiger partial charge in [-0.1, -0.05) is 52.2 Å². The molecule has 78 valence electrons. The van der Waals surface area contributed by atoms with E-state index in [9.17, 15) is 5.11 Å². The lowest BCUT2D eigenvalue weighted by Gasteiger charge is -2.08. The van der Waals surface area contributed by atoms with Crippen LogP contribution in [0.4, 0.5) is 0 Å². The highest BCUT2D eigenvalue weighted by atomic mass is 16.3. The minimum Gasteiger partial charge on any atom is -0.389 e. The molecule has 0 fully saturated rings. The zero-order chi connectivity index (χ0) is 10.1. The van der Waals surface area contributed by atoms with Gasteiger partial charge in [-0.05, 0) is 18.8 Å². The van der Waals surface area contributed by atoms with E-state index in [1.807, 2.05) is 19.9 Å². The lowest BCUT2D eigenvalue weighted by molar-refractivity contribution is 0.172. The number of aliphatic hydroxyl groups excluding tert-OH is 1. The van der Waals surface area contributed by atoms with Gasteiger partial charge in [-0.15, -0.1) is 0 Å². The molecule has 1 nitrogen and oxygen atoms in total. The second-order valence-electron chi connectivity index (χ2n) is 4.01. The molecule has 1 N–H and O–H groups in total. The molecule has 0 aromatic rings. The van der Waals surface area contributed by atoms with Crippen molar-refractivity contribution >= 4 is 0 Å². The van der Waals surface area contributed by atoms with Crippen molar-refractivity contribution in [2.75, 3.05) is 0 Å². The van der Waals surface area contributed by atoms with Crippen LogP contribution in [0.3, 0.4) is 0 Å². The molecule has 13 heavy (non-hydrogen) atoms. The van der Waals surface area contributed by atoms with E-state index >= 15 is 0 Å². The van der Waals surface area contributed by atoms with Crippen LogP contribution >= 0.6 is 0 Å². The summed E-state index contributed by atoms with van der Waals surface area (Å²) in [5, 5.41) is 9.44. The maximum absolute atomic E-state index is 9.44. The standard InChI is InChI=1S/C12H24O/c1-4-5-6-7-8-9-10-12(13)11(2)3/h9-13H,4-8H2,1-3H3/b10-9+/t12-/m0/s1. The zero-order valence-electron chi connectivity index (χ0n) is 9.29. The molecule has 0 rings (SSSR count). The maximum atomic E-state index is 9.44. The van der Waals surface area contributed by atoms with Crippen molar-refractivity contribution in [3.63, 3.8) is 0 Å². The third kappa shape index (κ3) is 8.04. The molecule has 0 aromatic heterocycles. The Morgan fingerprint density at radius 1 is 1.15 bits per heavy atom. The summed E-state index contributed by atoms with van der Waals surface area (Å²) >= 11 is 0. The van der Waals surface area contributed by atoms with Crippen LogP contribution in [0.25, 0.3) is 0 Å². The topological polar surface area (TPSA) is 20.2 Å². The molecule has 0 saturated heterocycles. The molecule has 0 aromatic carbocycles. The molecule has 0 unspecified atom stereocenters. The smallest absolute Gasteiger partial charge is 0.0743 e. The van der Waals surface area contributed by atoms with Gasteiger partial charge in [0.05, 0.1) is 6.10 Å². The Labute approximate surface area is 82.9 Å². The van der Waals surface area contributed by atoms with Crippen LogP contribution in [0, 0.1) is 5.92 Å². The summed E-state index contributed by atoms with van der Waals surface area (Å²) in [5.41, 5.74) is 0. The van der Waals surface area contributed by atoms with Crippen LogP contribution in [0.2, 0.25) is 0 Å². The highest BCUT2D eigenvalue weighted by Gasteiger charge is 2.02. The van der Waals surface area contributed by atoms with E-state index in [1.165, 1.54) is 25.7 Å². The van der Waals surface area contributed by atoms with Crippen LogP contribution in [-0.2, 0) is 0 Å². The largest absolute Gasteiger partial charge is 0.389 e. The summed E-state index contributed by atoms with van der Waals surface area (Å²) < 4.78 is 0. The fraction of sp³-hybridized carbons (Fsp3) is 0.833. The molecule has 0 heterocycles. The molecule has 0 amide bonds. The summed E-state index contributed by atoms with van der Waals surface area (Å²) in [4.78, 5) is 0. The molecule has 0 aliphatic heterocycles. The highest BCUT2D eigenvalue weighted by molar-refractivity contribution is 4.89. The molecular weight excluding hydrogens is 160 g/mol. The van der Waals surface area contributed by atoms with Gasteiger partial charge in [0.2, 0.25) is 0 Å². The van der Waals surface area contributed by atoms with Crippen molar-refractivity contribution in [2.24, 2.45) is 5.92 Å². The normalized spacial score (nSPS) is 14.2. The van der Waals surface area contributed by atoms with E-state index in [2.05, 4.69) is 13.0 Å². The Kier molecular flexibility index (Phi) is 8.11. The SMILES string of the molecule is CCCCCC/C=C/[C@H](O)C(C)C. The van der Waals surface area contributed by atoms with Gasteiger partial charge in [0.25, 0.3) is 0 Å². The number of aliphatic hydroxyl groups is 1. The van der Waals surface area contributed by atoms with Crippen LogP contribution in [0.5, 0.6) is 0 Å². The van der Waals surface area contributed by atoms with Crippen LogP contribution in [-0.4, -0.2) is 11.2 Å². The maximum Gasteiger partial charge on any atom is 0.0743 e. The zero-order valence-corrected chi connectivity index (χ0v) is 9.29. The number of hydrogen-bond acceptors (Lipinski definition) is 1. The van der Waals surface area contributed by atoms with Crippen molar-refractivity contribution in [3.05, 3.63) is 12.2 Å². The minimum absolute atomic E-state index is 0.258. The Balaban J connectivity index is 3.30. The van der Waals surface area contributed by atoms with Crippen LogP contribution in [0.15, 0.2) is 12.2 Å². The molecule has 0 spiro atoms.